The first-order valence-corrected chi connectivity index (χ1v) is 6.28. The van der Waals surface area contributed by atoms with Gasteiger partial charge in [-0.05, 0) is 25.3 Å². The van der Waals surface area contributed by atoms with Crippen molar-refractivity contribution in [3.05, 3.63) is 35.4 Å². The molecule has 0 saturated carbocycles. The minimum absolute atomic E-state index is 0. The first-order valence-electron chi connectivity index (χ1n) is 6.28. The molecule has 1 saturated heterocycles. The van der Waals surface area contributed by atoms with Gasteiger partial charge in [0.2, 0.25) is 5.91 Å². The van der Waals surface area contributed by atoms with Crippen molar-refractivity contribution >= 4 is 18.3 Å². The van der Waals surface area contributed by atoms with Gasteiger partial charge < -0.3 is 10.6 Å². The fourth-order valence-corrected chi connectivity index (χ4v) is 2.47. The van der Waals surface area contributed by atoms with Crippen molar-refractivity contribution in [2.75, 3.05) is 13.1 Å². The van der Waals surface area contributed by atoms with Crippen LogP contribution in [0.2, 0.25) is 0 Å². The summed E-state index contributed by atoms with van der Waals surface area (Å²) < 4.78 is 0. The first kappa shape index (κ1) is 15.0. The molecule has 1 fully saturated rings. The Morgan fingerprint density at radius 3 is 2.67 bits per heavy atom. The van der Waals surface area contributed by atoms with Gasteiger partial charge in [-0.2, -0.15) is 0 Å². The number of aryl methyl sites for hydroxylation is 1. The molecule has 0 aromatic heterocycles. The Labute approximate surface area is 115 Å². The molecule has 0 aliphatic carbocycles. The quantitative estimate of drug-likeness (QED) is 0.915. The Hall–Kier alpha value is -1.06. The number of halogens is 1. The zero-order chi connectivity index (χ0) is 12.3. The molecular weight excluding hydrogens is 248 g/mol. The van der Waals surface area contributed by atoms with Crippen LogP contribution in [0.3, 0.4) is 0 Å². The Bertz CT molecular complexity index is 391. The van der Waals surface area contributed by atoms with Crippen molar-refractivity contribution in [2.24, 2.45) is 5.73 Å². The van der Waals surface area contributed by atoms with E-state index in [-0.39, 0.29) is 24.4 Å². The van der Waals surface area contributed by atoms with Gasteiger partial charge in [0.1, 0.15) is 0 Å². The van der Waals surface area contributed by atoms with Crippen molar-refractivity contribution in [3.63, 3.8) is 0 Å². The second kappa shape index (κ2) is 6.76. The van der Waals surface area contributed by atoms with Crippen molar-refractivity contribution in [3.8, 4) is 0 Å². The lowest BCUT2D eigenvalue weighted by Crippen LogP contribution is -2.31. The topological polar surface area (TPSA) is 46.3 Å². The van der Waals surface area contributed by atoms with Crippen LogP contribution >= 0.6 is 12.4 Å². The SMILES string of the molecule is Cc1ccc(C2CCCN2C(=O)CCN)cc1.Cl. The third-order valence-electron chi connectivity index (χ3n) is 3.39. The molecule has 0 spiro atoms. The van der Waals surface area contributed by atoms with Crippen LogP contribution in [0.1, 0.15) is 36.4 Å². The van der Waals surface area contributed by atoms with Gasteiger partial charge in [-0.3, -0.25) is 4.79 Å². The summed E-state index contributed by atoms with van der Waals surface area (Å²) in [6, 6.07) is 8.75. The number of nitrogens with zero attached hydrogens (tertiary/aromatic N) is 1. The molecule has 1 aromatic carbocycles. The number of carbonyl (C=O) groups excluding carboxylic acids is 1. The molecule has 1 aromatic rings. The van der Waals surface area contributed by atoms with Gasteiger partial charge >= 0.3 is 0 Å². The van der Waals surface area contributed by atoms with Crippen LogP contribution in [0.5, 0.6) is 0 Å². The Morgan fingerprint density at radius 2 is 2.06 bits per heavy atom. The van der Waals surface area contributed by atoms with E-state index >= 15 is 0 Å². The summed E-state index contributed by atoms with van der Waals surface area (Å²) in [6.45, 7) is 3.39. The average Bonchev–Trinajstić information content (AvgIpc) is 2.79. The Balaban J connectivity index is 0.00000162. The minimum atomic E-state index is 0. The third kappa shape index (κ3) is 3.24. The van der Waals surface area contributed by atoms with E-state index in [9.17, 15) is 4.79 Å². The summed E-state index contributed by atoms with van der Waals surface area (Å²) in [5.74, 6) is 0.190. The number of amides is 1. The van der Waals surface area contributed by atoms with Gasteiger partial charge in [0, 0.05) is 19.5 Å². The molecule has 0 bridgehead atoms. The van der Waals surface area contributed by atoms with Crippen LogP contribution in [0.15, 0.2) is 24.3 Å². The lowest BCUT2D eigenvalue weighted by Gasteiger charge is -2.25. The molecular formula is C14H21ClN2O. The third-order valence-corrected chi connectivity index (χ3v) is 3.39. The lowest BCUT2D eigenvalue weighted by atomic mass is 10.0. The average molecular weight is 269 g/mol. The predicted molar refractivity (Wildman–Crippen MR) is 75.8 cm³/mol. The summed E-state index contributed by atoms with van der Waals surface area (Å²) in [7, 11) is 0. The molecule has 1 atom stereocenters. The molecule has 100 valence electrons. The largest absolute Gasteiger partial charge is 0.336 e. The monoisotopic (exact) mass is 268 g/mol. The molecule has 2 rings (SSSR count). The second-order valence-electron chi connectivity index (χ2n) is 4.69. The van der Waals surface area contributed by atoms with Crippen LogP contribution in [-0.4, -0.2) is 23.9 Å². The van der Waals surface area contributed by atoms with E-state index in [1.165, 1.54) is 11.1 Å². The number of likely N-dealkylation sites (tertiary alicyclic amines) is 1. The van der Waals surface area contributed by atoms with Crippen molar-refractivity contribution < 1.29 is 4.79 Å². The van der Waals surface area contributed by atoms with Crippen LogP contribution in [-0.2, 0) is 4.79 Å². The zero-order valence-corrected chi connectivity index (χ0v) is 11.6. The standard InChI is InChI=1S/C14H20N2O.ClH/c1-11-4-6-12(7-5-11)13-3-2-10-16(13)14(17)8-9-15;/h4-7,13H,2-3,8-10,15H2,1H3;1H. The maximum absolute atomic E-state index is 11.9. The van der Waals surface area contributed by atoms with Crippen LogP contribution in [0.25, 0.3) is 0 Å². The van der Waals surface area contributed by atoms with E-state index < -0.39 is 0 Å². The molecule has 1 aliphatic rings. The summed E-state index contributed by atoms with van der Waals surface area (Å²) in [6.07, 6.45) is 2.62. The number of benzene rings is 1. The molecule has 0 radical (unpaired) electrons. The number of hydrogen-bond acceptors (Lipinski definition) is 2. The van der Waals surface area contributed by atoms with E-state index in [4.69, 9.17) is 5.73 Å². The normalized spacial score (nSPS) is 18.6. The number of rotatable bonds is 3. The second-order valence-corrected chi connectivity index (χ2v) is 4.69. The van der Waals surface area contributed by atoms with E-state index in [1.807, 2.05) is 4.90 Å². The van der Waals surface area contributed by atoms with Crippen LogP contribution in [0, 0.1) is 6.92 Å². The van der Waals surface area contributed by atoms with Crippen LogP contribution < -0.4 is 5.73 Å². The summed E-state index contributed by atoms with van der Waals surface area (Å²) >= 11 is 0. The minimum Gasteiger partial charge on any atom is -0.336 e. The highest BCUT2D eigenvalue weighted by atomic mass is 35.5. The lowest BCUT2D eigenvalue weighted by molar-refractivity contribution is -0.131. The highest BCUT2D eigenvalue weighted by Gasteiger charge is 2.28. The number of carbonyl (C=O) groups is 1. The fourth-order valence-electron chi connectivity index (χ4n) is 2.47. The molecule has 1 amide bonds. The summed E-state index contributed by atoms with van der Waals surface area (Å²) in [5.41, 5.74) is 7.96. The summed E-state index contributed by atoms with van der Waals surface area (Å²) in [5, 5.41) is 0. The summed E-state index contributed by atoms with van der Waals surface area (Å²) in [4.78, 5) is 13.9. The zero-order valence-electron chi connectivity index (χ0n) is 10.8. The van der Waals surface area contributed by atoms with Crippen molar-refractivity contribution in [1.82, 2.24) is 4.90 Å². The van der Waals surface area contributed by atoms with E-state index in [2.05, 4.69) is 31.2 Å². The van der Waals surface area contributed by atoms with Gasteiger partial charge in [0.25, 0.3) is 0 Å². The van der Waals surface area contributed by atoms with Crippen LogP contribution in [0.4, 0.5) is 0 Å². The van der Waals surface area contributed by atoms with Gasteiger partial charge in [0.15, 0.2) is 0 Å². The maximum Gasteiger partial charge on any atom is 0.224 e. The molecule has 1 aliphatic heterocycles. The molecule has 4 heteroatoms. The Morgan fingerprint density at radius 1 is 1.39 bits per heavy atom. The van der Waals surface area contributed by atoms with Gasteiger partial charge in [0.05, 0.1) is 6.04 Å². The highest BCUT2D eigenvalue weighted by Crippen LogP contribution is 2.32. The smallest absolute Gasteiger partial charge is 0.224 e. The first-order chi connectivity index (χ1) is 8.22. The molecule has 1 heterocycles. The highest BCUT2D eigenvalue weighted by molar-refractivity contribution is 5.85. The Kier molecular flexibility index (Phi) is 5.63. The van der Waals surface area contributed by atoms with E-state index in [1.54, 1.807) is 0 Å². The van der Waals surface area contributed by atoms with Crippen molar-refractivity contribution in [1.29, 1.82) is 0 Å². The molecule has 18 heavy (non-hydrogen) atoms. The fraction of sp³-hybridized carbons (Fsp3) is 0.500. The molecule has 2 N–H and O–H groups in total. The number of nitrogens with two attached hydrogens (primary N) is 1. The van der Waals surface area contributed by atoms with E-state index in [0.717, 1.165) is 19.4 Å². The predicted octanol–water partition coefficient (Wildman–Crippen LogP) is 2.43. The van der Waals surface area contributed by atoms with E-state index in [0.29, 0.717) is 13.0 Å². The van der Waals surface area contributed by atoms with Gasteiger partial charge in [-0.25, -0.2) is 0 Å². The number of hydrogen-bond donors (Lipinski definition) is 1. The van der Waals surface area contributed by atoms with Gasteiger partial charge in [-0.1, -0.05) is 29.8 Å². The van der Waals surface area contributed by atoms with Gasteiger partial charge in [-0.15, -0.1) is 12.4 Å². The molecule has 1 unspecified atom stereocenters. The molecule has 3 nitrogen and oxygen atoms in total. The van der Waals surface area contributed by atoms with Crippen molar-refractivity contribution in [2.45, 2.75) is 32.2 Å². The maximum atomic E-state index is 11.9.